The molecule has 142 valence electrons. The van der Waals surface area contributed by atoms with Crippen molar-refractivity contribution in [2.45, 2.75) is 36.3 Å². The maximum absolute atomic E-state index is 12.9. The molecule has 27 heavy (non-hydrogen) atoms. The highest BCUT2D eigenvalue weighted by molar-refractivity contribution is 8.02. The SMILES string of the molecule is CCOC(=O)Cc1csc(SC(C)C(=O)N(CCC#N)c2ccccc2)n1. The minimum Gasteiger partial charge on any atom is -0.466 e. The molecule has 1 heterocycles. The second-order valence-electron chi connectivity index (χ2n) is 5.58. The Labute approximate surface area is 167 Å². The molecule has 1 atom stereocenters. The highest BCUT2D eigenvalue weighted by Gasteiger charge is 2.24. The van der Waals surface area contributed by atoms with E-state index in [-0.39, 0.29) is 30.0 Å². The quantitative estimate of drug-likeness (QED) is 0.469. The standard InChI is InChI=1S/C19H21N3O3S2/c1-3-25-17(23)12-15-13-26-19(21-15)27-14(2)18(24)22(11-7-10-20)16-8-5-4-6-9-16/h4-6,8-9,13-14H,3,7,11-12H2,1-2H3. The van der Waals surface area contributed by atoms with Gasteiger partial charge in [0, 0.05) is 17.6 Å². The van der Waals surface area contributed by atoms with Gasteiger partial charge >= 0.3 is 5.97 Å². The Bertz CT molecular complexity index is 802. The van der Waals surface area contributed by atoms with Crippen LogP contribution in [0.3, 0.4) is 0 Å². The number of amides is 1. The number of hydrogen-bond acceptors (Lipinski definition) is 7. The van der Waals surface area contributed by atoms with Crippen LogP contribution in [0.15, 0.2) is 40.1 Å². The summed E-state index contributed by atoms with van der Waals surface area (Å²) in [4.78, 5) is 30.5. The molecule has 6 nitrogen and oxygen atoms in total. The fraction of sp³-hybridized carbons (Fsp3) is 0.368. The Balaban J connectivity index is 2.03. The molecular weight excluding hydrogens is 382 g/mol. The Morgan fingerprint density at radius 3 is 2.78 bits per heavy atom. The molecule has 1 unspecified atom stereocenters. The smallest absolute Gasteiger partial charge is 0.311 e. The van der Waals surface area contributed by atoms with Gasteiger partial charge in [-0.2, -0.15) is 5.26 Å². The molecule has 1 aromatic carbocycles. The van der Waals surface area contributed by atoms with Gasteiger partial charge < -0.3 is 9.64 Å². The summed E-state index contributed by atoms with van der Waals surface area (Å²) in [5, 5.41) is 10.3. The molecule has 1 amide bonds. The minimum absolute atomic E-state index is 0.0800. The van der Waals surface area contributed by atoms with Gasteiger partial charge in [-0.15, -0.1) is 11.3 Å². The summed E-state index contributed by atoms with van der Waals surface area (Å²) in [5.74, 6) is -0.390. The zero-order chi connectivity index (χ0) is 19.6. The number of carbonyl (C=O) groups excluding carboxylic acids is 2. The predicted octanol–water partition coefficient (Wildman–Crippen LogP) is 3.68. The minimum atomic E-state index is -0.370. The number of hydrogen-bond donors (Lipinski definition) is 0. The van der Waals surface area contributed by atoms with E-state index in [4.69, 9.17) is 10.00 Å². The van der Waals surface area contributed by atoms with E-state index in [1.54, 1.807) is 17.2 Å². The van der Waals surface area contributed by atoms with E-state index in [0.29, 0.717) is 18.8 Å². The lowest BCUT2D eigenvalue weighted by atomic mass is 10.2. The molecule has 0 spiro atoms. The van der Waals surface area contributed by atoms with Gasteiger partial charge in [0.2, 0.25) is 5.91 Å². The Hall–Kier alpha value is -2.37. The molecule has 1 aromatic heterocycles. The van der Waals surface area contributed by atoms with E-state index in [2.05, 4.69) is 11.1 Å². The largest absolute Gasteiger partial charge is 0.466 e. The van der Waals surface area contributed by atoms with Crippen molar-refractivity contribution >= 4 is 40.7 Å². The zero-order valence-corrected chi connectivity index (χ0v) is 16.9. The molecule has 0 fully saturated rings. The number of para-hydroxylation sites is 1. The summed E-state index contributed by atoms with van der Waals surface area (Å²) in [5.41, 5.74) is 1.41. The number of anilines is 1. The van der Waals surface area contributed by atoms with E-state index < -0.39 is 0 Å². The molecule has 0 radical (unpaired) electrons. The van der Waals surface area contributed by atoms with Crippen molar-refractivity contribution in [3.63, 3.8) is 0 Å². The Morgan fingerprint density at radius 2 is 2.11 bits per heavy atom. The maximum Gasteiger partial charge on any atom is 0.311 e. The number of benzene rings is 1. The number of nitriles is 1. The first kappa shape index (κ1) is 20.9. The summed E-state index contributed by atoms with van der Waals surface area (Å²) in [6.07, 6.45) is 0.393. The number of rotatable bonds is 9. The second kappa shape index (κ2) is 10.7. The number of aromatic nitrogens is 1. The van der Waals surface area contributed by atoms with Crippen LogP contribution >= 0.6 is 23.1 Å². The molecule has 0 N–H and O–H groups in total. The van der Waals surface area contributed by atoms with Crippen LogP contribution in [0.25, 0.3) is 0 Å². The maximum atomic E-state index is 12.9. The van der Waals surface area contributed by atoms with Crippen LogP contribution in [-0.2, 0) is 20.7 Å². The van der Waals surface area contributed by atoms with Crippen molar-refractivity contribution in [1.82, 2.24) is 4.98 Å². The van der Waals surface area contributed by atoms with Crippen LogP contribution in [0.2, 0.25) is 0 Å². The van der Waals surface area contributed by atoms with Crippen LogP contribution in [-0.4, -0.2) is 35.3 Å². The summed E-state index contributed by atoms with van der Waals surface area (Å²) in [6.45, 7) is 4.27. The molecule has 0 aliphatic heterocycles. The number of thiazole rings is 1. The molecule has 0 saturated heterocycles. The van der Waals surface area contributed by atoms with Crippen LogP contribution < -0.4 is 4.90 Å². The fourth-order valence-electron chi connectivity index (χ4n) is 2.34. The van der Waals surface area contributed by atoms with Crippen LogP contribution in [0.5, 0.6) is 0 Å². The van der Waals surface area contributed by atoms with Gasteiger partial charge in [-0.25, -0.2) is 4.98 Å². The van der Waals surface area contributed by atoms with Crippen molar-refractivity contribution < 1.29 is 14.3 Å². The molecule has 0 bridgehead atoms. The summed E-state index contributed by atoms with van der Waals surface area (Å²) < 4.78 is 5.65. The first-order valence-corrected chi connectivity index (χ1v) is 10.3. The van der Waals surface area contributed by atoms with Gasteiger partial charge in [-0.05, 0) is 26.0 Å². The molecule has 2 aromatic rings. The van der Waals surface area contributed by atoms with E-state index in [1.165, 1.54) is 23.1 Å². The van der Waals surface area contributed by atoms with Gasteiger partial charge in [-0.3, -0.25) is 9.59 Å². The van der Waals surface area contributed by atoms with Crippen LogP contribution in [0, 0.1) is 11.3 Å². The number of ether oxygens (including phenoxy) is 1. The third-order valence-corrected chi connectivity index (χ3v) is 5.68. The van der Waals surface area contributed by atoms with E-state index in [9.17, 15) is 9.59 Å². The first-order valence-electron chi connectivity index (χ1n) is 8.55. The molecular formula is C19H21N3O3S2. The topological polar surface area (TPSA) is 83.3 Å². The zero-order valence-electron chi connectivity index (χ0n) is 15.3. The number of nitrogens with zero attached hydrogens (tertiary/aromatic N) is 3. The highest BCUT2D eigenvalue weighted by atomic mass is 32.2. The van der Waals surface area contributed by atoms with Crippen LogP contribution in [0.1, 0.15) is 26.0 Å². The lowest BCUT2D eigenvalue weighted by Gasteiger charge is -2.24. The Morgan fingerprint density at radius 1 is 1.37 bits per heavy atom. The van der Waals surface area contributed by atoms with Gasteiger partial charge in [-0.1, -0.05) is 30.0 Å². The summed E-state index contributed by atoms with van der Waals surface area (Å²) >= 11 is 2.75. The average molecular weight is 404 g/mol. The van der Waals surface area contributed by atoms with E-state index in [1.807, 2.05) is 37.3 Å². The monoisotopic (exact) mass is 403 g/mol. The third kappa shape index (κ3) is 6.38. The molecule has 0 aliphatic carbocycles. The second-order valence-corrected chi connectivity index (χ2v) is 8.03. The van der Waals surface area contributed by atoms with Crippen molar-refractivity contribution in [2.24, 2.45) is 0 Å². The average Bonchev–Trinajstić information content (AvgIpc) is 3.09. The third-order valence-electron chi connectivity index (χ3n) is 3.57. The van der Waals surface area contributed by atoms with E-state index >= 15 is 0 Å². The first-order chi connectivity index (χ1) is 13.0. The predicted molar refractivity (Wildman–Crippen MR) is 107 cm³/mol. The van der Waals surface area contributed by atoms with Gasteiger partial charge in [0.15, 0.2) is 4.34 Å². The number of thioether (sulfide) groups is 1. The number of carbonyl (C=O) groups is 2. The molecule has 0 aliphatic rings. The van der Waals surface area contributed by atoms with Gasteiger partial charge in [0.05, 0.1) is 36.5 Å². The van der Waals surface area contributed by atoms with Crippen molar-refractivity contribution in [2.75, 3.05) is 18.1 Å². The van der Waals surface area contributed by atoms with Crippen molar-refractivity contribution in [3.8, 4) is 6.07 Å². The Kier molecular flexibility index (Phi) is 8.30. The molecule has 0 saturated carbocycles. The van der Waals surface area contributed by atoms with Crippen molar-refractivity contribution in [1.29, 1.82) is 5.26 Å². The fourth-order valence-corrected chi connectivity index (χ4v) is 4.38. The summed E-state index contributed by atoms with van der Waals surface area (Å²) in [7, 11) is 0. The normalized spacial score (nSPS) is 11.4. The highest BCUT2D eigenvalue weighted by Crippen LogP contribution is 2.29. The van der Waals surface area contributed by atoms with Crippen molar-refractivity contribution in [3.05, 3.63) is 41.4 Å². The van der Waals surface area contributed by atoms with E-state index in [0.717, 1.165) is 10.0 Å². The van der Waals surface area contributed by atoms with Gasteiger partial charge in [0.1, 0.15) is 0 Å². The number of esters is 1. The van der Waals surface area contributed by atoms with Gasteiger partial charge in [0.25, 0.3) is 0 Å². The summed E-state index contributed by atoms with van der Waals surface area (Å²) in [6, 6.07) is 11.4. The van der Waals surface area contributed by atoms with Crippen LogP contribution in [0.4, 0.5) is 5.69 Å². The lowest BCUT2D eigenvalue weighted by Crippen LogP contribution is -2.37. The lowest BCUT2D eigenvalue weighted by molar-refractivity contribution is -0.142. The molecule has 2 rings (SSSR count). The molecule has 8 heteroatoms.